The van der Waals surface area contributed by atoms with E-state index >= 15 is 0 Å². The van der Waals surface area contributed by atoms with Crippen molar-refractivity contribution in [3.8, 4) is 6.07 Å². The molecule has 0 spiro atoms. The predicted molar refractivity (Wildman–Crippen MR) is 79.8 cm³/mol. The Hall–Kier alpha value is -2.24. The minimum absolute atomic E-state index is 0.183. The van der Waals surface area contributed by atoms with Gasteiger partial charge in [-0.15, -0.1) is 0 Å². The van der Waals surface area contributed by atoms with Gasteiger partial charge in [0.1, 0.15) is 12.4 Å². The quantitative estimate of drug-likeness (QED) is 0.877. The first-order valence-corrected chi connectivity index (χ1v) is 7.44. The molecule has 112 valence electrons. The summed E-state index contributed by atoms with van der Waals surface area (Å²) in [6.07, 6.45) is 1.07. The van der Waals surface area contributed by atoms with E-state index in [4.69, 9.17) is 4.74 Å². The summed E-state index contributed by atoms with van der Waals surface area (Å²) in [5.74, 6) is 0.408. The summed E-state index contributed by atoms with van der Waals surface area (Å²) in [6.45, 7) is 1.26. The molecule has 1 N–H and O–H groups in total. The van der Waals surface area contributed by atoms with Crippen LogP contribution < -0.4 is 0 Å². The maximum atomic E-state index is 12.7. The van der Waals surface area contributed by atoms with Crippen molar-refractivity contribution in [3.63, 3.8) is 0 Å². The van der Waals surface area contributed by atoms with E-state index in [-0.39, 0.29) is 12.0 Å². The van der Waals surface area contributed by atoms with E-state index in [9.17, 15) is 10.1 Å². The van der Waals surface area contributed by atoms with E-state index in [0.717, 1.165) is 4.47 Å². The number of halogens is 1. The number of carbonyl (C=O) groups excluding carboxylic acids is 1. The molecule has 1 aromatic carbocycles. The summed E-state index contributed by atoms with van der Waals surface area (Å²) in [5.41, 5.74) is 0.742. The van der Waals surface area contributed by atoms with E-state index in [2.05, 4.69) is 37.2 Å². The summed E-state index contributed by atoms with van der Waals surface area (Å²) < 4.78 is 6.38. The molecular weight excluding hydrogens is 350 g/mol. The highest BCUT2D eigenvalue weighted by molar-refractivity contribution is 9.10. The van der Waals surface area contributed by atoms with Crippen LogP contribution in [-0.2, 0) is 4.74 Å². The molecule has 1 amide bonds. The van der Waals surface area contributed by atoms with E-state index in [1.807, 2.05) is 0 Å². The van der Waals surface area contributed by atoms with Gasteiger partial charge in [-0.25, -0.2) is 4.98 Å². The fraction of sp³-hybridized carbons (Fsp3) is 0.286. The van der Waals surface area contributed by atoms with Crippen molar-refractivity contribution in [2.75, 3.05) is 19.7 Å². The molecule has 1 aromatic heterocycles. The third-order valence-electron chi connectivity index (χ3n) is 3.42. The number of hydrogen-bond acceptors (Lipinski definition) is 5. The lowest BCUT2D eigenvalue weighted by Gasteiger charge is -2.32. The first-order chi connectivity index (χ1) is 10.7. The van der Waals surface area contributed by atoms with Crippen LogP contribution in [0.1, 0.15) is 27.8 Å². The molecule has 3 rings (SSSR count). The number of benzene rings is 1. The lowest BCUT2D eigenvalue weighted by Crippen LogP contribution is -2.42. The Labute approximate surface area is 135 Å². The molecule has 1 fully saturated rings. The van der Waals surface area contributed by atoms with Gasteiger partial charge in [0.05, 0.1) is 30.3 Å². The number of carbonyl (C=O) groups is 1. The van der Waals surface area contributed by atoms with Gasteiger partial charge >= 0.3 is 0 Å². The first kappa shape index (κ1) is 14.7. The Morgan fingerprint density at radius 3 is 3.14 bits per heavy atom. The van der Waals surface area contributed by atoms with Crippen LogP contribution in [0.2, 0.25) is 0 Å². The van der Waals surface area contributed by atoms with Gasteiger partial charge in [0.25, 0.3) is 5.91 Å². The van der Waals surface area contributed by atoms with E-state index in [0.29, 0.717) is 36.6 Å². The minimum atomic E-state index is -0.332. The standard InChI is InChI=1S/C14H12BrN5O2/c15-10-1-2-11(9(5-10)6-16)14(21)20-3-4-22-12(7-20)13-17-8-18-19-13/h1-2,5,8,12H,3-4,7H2,(H,17,18,19). The normalized spacial score (nSPS) is 18.0. The molecular formula is C14H12BrN5O2. The number of morpholine rings is 1. The second-order valence-electron chi connectivity index (χ2n) is 4.78. The van der Waals surface area contributed by atoms with Crippen molar-refractivity contribution >= 4 is 21.8 Å². The van der Waals surface area contributed by atoms with Crippen LogP contribution >= 0.6 is 15.9 Å². The van der Waals surface area contributed by atoms with E-state index < -0.39 is 0 Å². The number of nitrogens with one attached hydrogen (secondary N) is 1. The van der Waals surface area contributed by atoms with Gasteiger partial charge in [-0.3, -0.25) is 9.89 Å². The zero-order valence-electron chi connectivity index (χ0n) is 11.5. The van der Waals surface area contributed by atoms with Crippen molar-refractivity contribution < 1.29 is 9.53 Å². The second kappa shape index (κ2) is 6.25. The molecule has 7 nitrogen and oxygen atoms in total. The van der Waals surface area contributed by atoms with Gasteiger partial charge in [0.2, 0.25) is 0 Å². The predicted octanol–water partition coefficient (Wildman–Crippen LogP) is 1.65. The number of rotatable bonds is 2. The van der Waals surface area contributed by atoms with Crippen LogP contribution in [0.25, 0.3) is 0 Å². The summed E-state index contributed by atoms with van der Waals surface area (Å²) in [5, 5.41) is 15.8. The van der Waals surface area contributed by atoms with E-state index in [1.54, 1.807) is 23.1 Å². The van der Waals surface area contributed by atoms with E-state index in [1.165, 1.54) is 6.33 Å². The Morgan fingerprint density at radius 1 is 1.55 bits per heavy atom. The third kappa shape index (κ3) is 2.86. The highest BCUT2D eigenvalue weighted by atomic mass is 79.9. The zero-order chi connectivity index (χ0) is 15.5. The molecule has 0 saturated carbocycles. The molecule has 1 unspecified atom stereocenters. The Balaban J connectivity index is 1.82. The minimum Gasteiger partial charge on any atom is -0.367 e. The third-order valence-corrected chi connectivity index (χ3v) is 3.92. The first-order valence-electron chi connectivity index (χ1n) is 6.65. The molecule has 1 atom stereocenters. The number of nitriles is 1. The molecule has 1 aliphatic rings. The van der Waals surface area contributed by atoms with Gasteiger partial charge in [0, 0.05) is 11.0 Å². The number of amides is 1. The number of ether oxygens (including phenoxy) is 1. The largest absolute Gasteiger partial charge is 0.367 e. The zero-order valence-corrected chi connectivity index (χ0v) is 13.1. The van der Waals surface area contributed by atoms with Crippen LogP contribution in [0.15, 0.2) is 29.0 Å². The van der Waals surface area contributed by atoms with Crippen LogP contribution in [-0.4, -0.2) is 45.7 Å². The lowest BCUT2D eigenvalue weighted by atomic mass is 10.1. The smallest absolute Gasteiger partial charge is 0.255 e. The topological polar surface area (TPSA) is 94.9 Å². The average molecular weight is 362 g/mol. The summed E-state index contributed by atoms with van der Waals surface area (Å²) in [6, 6.07) is 7.11. The van der Waals surface area contributed by atoms with Crippen molar-refractivity contribution in [1.82, 2.24) is 20.1 Å². The molecule has 1 saturated heterocycles. The maximum absolute atomic E-state index is 12.7. The van der Waals surface area contributed by atoms with Crippen LogP contribution in [0.5, 0.6) is 0 Å². The number of aromatic nitrogens is 3. The lowest BCUT2D eigenvalue weighted by molar-refractivity contribution is -0.0266. The summed E-state index contributed by atoms with van der Waals surface area (Å²) >= 11 is 3.30. The monoisotopic (exact) mass is 361 g/mol. The Kier molecular flexibility index (Phi) is 4.18. The summed E-state index contributed by atoms with van der Waals surface area (Å²) in [7, 11) is 0. The van der Waals surface area contributed by atoms with Crippen molar-refractivity contribution in [2.24, 2.45) is 0 Å². The molecule has 1 aliphatic heterocycles. The number of nitrogens with zero attached hydrogens (tertiary/aromatic N) is 4. The molecule has 2 heterocycles. The van der Waals surface area contributed by atoms with Crippen LogP contribution in [0.3, 0.4) is 0 Å². The van der Waals surface area contributed by atoms with Gasteiger partial charge in [-0.2, -0.15) is 10.4 Å². The van der Waals surface area contributed by atoms with Gasteiger partial charge in [-0.05, 0) is 18.2 Å². The molecule has 0 radical (unpaired) electrons. The van der Waals surface area contributed by atoms with Gasteiger partial charge < -0.3 is 9.64 Å². The Bertz CT molecular complexity index is 725. The molecule has 8 heteroatoms. The fourth-order valence-corrected chi connectivity index (χ4v) is 2.70. The number of H-pyrrole nitrogens is 1. The number of aromatic amines is 1. The van der Waals surface area contributed by atoms with Crippen LogP contribution in [0, 0.1) is 11.3 Å². The van der Waals surface area contributed by atoms with Crippen LogP contribution in [0.4, 0.5) is 0 Å². The highest BCUT2D eigenvalue weighted by Gasteiger charge is 2.28. The highest BCUT2D eigenvalue weighted by Crippen LogP contribution is 2.22. The van der Waals surface area contributed by atoms with Crippen molar-refractivity contribution in [2.45, 2.75) is 6.10 Å². The molecule has 22 heavy (non-hydrogen) atoms. The molecule has 0 aliphatic carbocycles. The molecule has 2 aromatic rings. The molecule has 0 bridgehead atoms. The Morgan fingerprint density at radius 2 is 2.41 bits per heavy atom. The van der Waals surface area contributed by atoms with Crippen molar-refractivity contribution in [3.05, 3.63) is 46.0 Å². The fourth-order valence-electron chi connectivity index (χ4n) is 2.34. The van der Waals surface area contributed by atoms with Gasteiger partial charge in [-0.1, -0.05) is 15.9 Å². The SMILES string of the molecule is N#Cc1cc(Br)ccc1C(=O)N1CCOC(c2ncn[nH]2)C1. The van der Waals surface area contributed by atoms with Gasteiger partial charge in [0.15, 0.2) is 5.82 Å². The second-order valence-corrected chi connectivity index (χ2v) is 5.70. The van der Waals surface area contributed by atoms with Crippen molar-refractivity contribution in [1.29, 1.82) is 5.26 Å². The maximum Gasteiger partial charge on any atom is 0.255 e. The average Bonchev–Trinajstić information content (AvgIpc) is 3.08. The number of hydrogen-bond donors (Lipinski definition) is 1. The summed E-state index contributed by atoms with van der Waals surface area (Å²) in [4.78, 5) is 18.4.